The summed E-state index contributed by atoms with van der Waals surface area (Å²) < 4.78 is 1.76. The van der Waals surface area contributed by atoms with Gasteiger partial charge in [-0.05, 0) is 12.3 Å². The summed E-state index contributed by atoms with van der Waals surface area (Å²) in [5.41, 5.74) is 7.02. The summed E-state index contributed by atoms with van der Waals surface area (Å²) in [5.74, 6) is 0.856. The summed E-state index contributed by atoms with van der Waals surface area (Å²) in [7, 11) is 1.88. The molecule has 0 aromatic carbocycles. The summed E-state index contributed by atoms with van der Waals surface area (Å²) in [6.07, 6.45) is 5.53. The SMILES string of the molecule is Cn1nncc1C(N)CC1CC1. The Bertz CT molecular complexity index is 264. The molecule has 0 bridgehead atoms. The lowest BCUT2D eigenvalue weighted by molar-refractivity contribution is 0.545. The smallest absolute Gasteiger partial charge is 0.0751 e. The highest BCUT2D eigenvalue weighted by atomic mass is 15.4. The fraction of sp³-hybridized carbons (Fsp3) is 0.750. The van der Waals surface area contributed by atoms with Gasteiger partial charge in [0.15, 0.2) is 0 Å². The van der Waals surface area contributed by atoms with Gasteiger partial charge >= 0.3 is 0 Å². The summed E-state index contributed by atoms with van der Waals surface area (Å²) in [4.78, 5) is 0. The average Bonchev–Trinajstić information content (AvgIpc) is 2.72. The second-order valence-corrected chi connectivity index (χ2v) is 3.57. The lowest BCUT2D eigenvalue weighted by Gasteiger charge is -2.09. The van der Waals surface area contributed by atoms with Crippen molar-refractivity contribution in [3.05, 3.63) is 11.9 Å². The molecule has 1 aromatic rings. The van der Waals surface area contributed by atoms with Crippen LogP contribution in [0.2, 0.25) is 0 Å². The van der Waals surface area contributed by atoms with E-state index >= 15 is 0 Å². The Morgan fingerprint density at radius 1 is 1.75 bits per heavy atom. The van der Waals surface area contributed by atoms with Crippen molar-refractivity contribution in [2.45, 2.75) is 25.3 Å². The number of nitrogens with two attached hydrogens (primary N) is 1. The topological polar surface area (TPSA) is 56.7 Å². The molecule has 1 atom stereocenters. The summed E-state index contributed by atoms with van der Waals surface area (Å²) in [6, 6.07) is 0.123. The van der Waals surface area contributed by atoms with Crippen molar-refractivity contribution in [1.29, 1.82) is 0 Å². The van der Waals surface area contributed by atoms with E-state index in [1.165, 1.54) is 12.8 Å². The minimum absolute atomic E-state index is 0.123. The molecule has 2 rings (SSSR count). The first kappa shape index (κ1) is 7.73. The highest BCUT2D eigenvalue weighted by molar-refractivity contribution is 5.01. The molecule has 4 heteroatoms. The van der Waals surface area contributed by atoms with Gasteiger partial charge in [0, 0.05) is 13.1 Å². The van der Waals surface area contributed by atoms with Crippen LogP contribution in [-0.4, -0.2) is 15.0 Å². The average molecular weight is 166 g/mol. The third-order valence-corrected chi connectivity index (χ3v) is 2.41. The van der Waals surface area contributed by atoms with Gasteiger partial charge in [0.2, 0.25) is 0 Å². The third-order valence-electron chi connectivity index (χ3n) is 2.41. The van der Waals surface area contributed by atoms with E-state index in [9.17, 15) is 0 Å². The number of nitrogens with zero attached hydrogens (tertiary/aromatic N) is 3. The highest BCUT2D eigenvalue weighted by Gasteiger charge is 2.25. The lowest BCUT2D eigenvalue weighted by Crippen LogP contribution is -2.15. The molecule has 66 valence electrons. The van der Waals surface area contributed by atoms with Crippen LogP contribution < -0.4 is 5.73 Å². The second-order valence-electron chi connectivity index (χ2n) is 3.57. The van der Waals surface area contributed by atoms with Gasteiger partial charge in [-0.25, -0.2) is 0 Å². The van der Waals surface area contributed by atoms with E-state index in [4.69, 9.17) is 5.73 Å². The summed E-state index contributed by atoms with van der Waals surface area (Å²) in [6.45, 7) is 0. The highest BCUT2D eigenvalue weighted by Crippen LogP contribution is 2.36. The maximum atomic E-state index is 5.98. The zero-order chi connectivity index (χ0) is 8.55. The van der Waals surface area contributed by atoms with E-state index in [-0.39, 0.29) is 6.04 Å². The van der Waals surface area contributed by atoms with Crippen LogP contribution >= 0.6 is 0 Å². The maximum absolute atomic E-state index is 5.98. The number of hydrogen-bond acceptors (Lipinski definition) is 3. The molecule has 1 aliphatic carbocycles. The van der Waals surface area contributed by atoms with Crippen molar-refractivity contribution in [3.63, 3.8) is 0 Å². The van der Waals surface area contributed by atoms with E-state index in [1.54, 1.807) is 10.9 Å². The Morgan fingerprint density at radius 2 is 2.50 bits per heavy atom. The Labute approximate surface area is 71.8 Å². The predicted molar refractivity (Wildman–Crippen MR) is 45.3 cm³/mol. The van der Waals surface area contributed by atoms with Crippen molar-refractivity contribution in [2.75, 3.05) is 0 Å². The van der Waals surface area contributed by atoms with Gasteiger partial charge < -0.3 is 5.73 Å². The van der Waals surface area contributed by atoms with E-state index in [2.05, 4.69) is 10.3 Å². The molecule has 2 N–H and O–H groups in total. The Hall–Kier alpha value is -0.900. The molecular formula is C8H14N4. The van der Waals surface area contributed by atoms with E-state index in [1.807, 2.05) is 7.05 Å². The summed E-state index contributed by atoms with van der Waals surface area (Å²) >= 11 is 0. The molecule has 1 aliphatic rings. The third kappa shape index (κ3) is 1.48. The molecule has 0 saturated heterocycles. The molecule has 0 spiro atoms. The monoisotopic (exact) mass is 166 g/mol. The molecule has 1 saturated carbocycles. The van der Waals surface area contributed by atoms with Crippen LogP contribution in [0, 0.1) is 5.92 Å². The van der Waals surface area contributed by atoms with Gasteiger partial charge in [-0.1, -0.05) is 18.1 Å². The quantitative estimate of drug-likeness (QED) is 0.716. The minimum Gasteiger partial charge on any atom is -0.323 e. The first-order valence-electron chi connectivity index (χ1n) is 4.37. The lowest BCUT2D eigenvalue weighted by atomic mass is 10.1. The number of aromatic nitrogens is 3. The Kier molecular flexibility index (Phi) is 1.84. The fourth-order valence-corrected chi connectivity index (χ4v) is 1.47. The maximum Gasteiger partial charge on any atom is 0.0751 e. The van der Waals surface area contributed by atoms with Crippen LogP contribution in [0.25, 0.3) is 0 Å². The van der Waals surface area contributed by atoms with Gasteiger partial charge in [-0.15, -0.1) is 5.10 Å². The normalized spacial score (nSPS) is 19.5. The largest absolute Gasteiger partial charge is 0.323 e. The number of rotatable bonds is 3. The van der Waals surface area contributed by atoms with E-state index < -0.39 is 0 Å². The minimum atomic E-state index is 0.123. The number of hydrogen-bond donors (Lipinski definition) is 1. The van der Waals surface area contributed by atoms with Crippen molar-refractivity contribution >= 4 is 0 Å². The van der Waals surface area contributed by atoms with Gasteiger partial charge in [-0.3, -0.25) is 4.68 Å². The van der Waals surface area contributed by atoms with Gasteiger partial charge in [0.05, 0.1) is 11.9 Å². The fourth-order valence-electron chi connectivity index (χ4n) is 1.47. The Balaban J connectivity index is 2.02. The summed E-state index contributed by atoms with van der Waals surface area (Å²) in [5, 5.41) is 7.66. The number of aryl methyl sites for hydroxylation is 1. The molecule has 1 heterocycles. The van der Waals surface area contributed by atoms with Crippen LogP contribution in [0.4, 0.5) is 0 Å². The molecule has 1 fully saturated rings. The van der Waals surface area contributed by atoms with Gasteiger partial charge in [0.1, 0.15) is 0 Å². The molecule has 1 aromatic heterocycles. The van der Waals surface area contributed by atoms with Crippen molar-refractivity contribution < 1.29 is 0 Å². The molecule has 4 nitrogen and oxygen atoms in total. The van der Waals surface area contributed by atoms with Crippen molar-refractivity contribution in [3.8, 4) is 0 Å². The van der Waals surface area contributed by atoms with E-state index in [0.29, 0.717) is 0 Å². The van der Waals surface area contributed by atoms with Gasteiger partial charge in [-0.2, -0.15) is 0 Å². The van der Waals surface area contributed by atoms with Crippen LogP contribution in [0.15, 0.2) is 6.20 Å². The zero-order valence-corrected chi connectivity index (χ0v) is 7.27. The van der Waals surface area contributed by atoms with Crippen LogP contribution in [0.1, 0.15) is 31.0 Å². The zero-order valence-electron chi connectivity index (χ0n) is 7.27. The molecule has 12 heavy (non-hydrogen) atoms. The van der Waals surface area contributed by atoms with Gasteiger partial charge in [0.25, 0.3) is 0 Å². The molecular weight excluding hydrogens is 152 g/mol. The van der Waals surface area contributed by atoms with Crippen LogP contribution in [0.3, 0.4) is 0 Å². The Morgan fingerprint density at radius 3 is 3.00 bits per heavy atom. The van der Waals surface area contributed by atoms with Crippen LogP contribution in [0.5, 0.6) is 0 Å². The van der Waals surface area contributed by atoms with Crippen molar-refractivity contribution in [1.82, 2.24) is 15.0 Å². The first-order valence-corrected chi connectivity index (χ1v) is 4.37. The molecule has 0 radical (unpaired) electrons. The first-order chi connectivity index (χ1) is 5.77. The van der Waals surface area contributed by atoms with E-state index in [0.717, 1.165) is 18.0 Å². The second kappa shape index (κ2) is 2.86. The standard InChI is InChI=1S/C8H14N4/c1-12-8(5-10-11-12)7(9)4-6-2-3-6/h5-7H,2-4,9H2,1H3. The molecule has 0 aliphatic heterocycles. The molecule has 0 amide bonds. The van der Waals surface area contributed by atoms with Crippen molar-refractivity contribution in [2.24, 2.45) is 18.7 Å². The van der Waals surface area contributed by atoms with Crippen LogP contribution in [-0.2, 0) is 7.05 Å². The molecule has 1 unspecified atom stereocenters. The predicted octanol–water partition coefficient (Wildman–Crippen LogP) is 0.615.